The number of benzene rings is 2. The van der Waals surface area contributed by atoms with Crippen molar-refractivity contribution in [2.75, 3.05) is 5.32 Å². The Bertz CT molecular complexity index is 862. The van der Waals surface area contributed by atoms with Gasteiger partial charge in [-0.1, -0.05) is 41.9 Å². The quantitative estimate of drug-likeness (QED) is 0.692. The van der Waals surface area contributed by atoms with Crippen LogP contribution in [0.5, 0.6) is 0 Å². The van der Waals surface area contributed by atoms with E-state index in [1.54, 1.807) is 36.4 Å². The number of nitrogens with one attached hydrogen (secondary N) is 2. The van der Waals surface area contributed by atoms with E-state index < -0.39 is 11.9 Å². The van der Waals surface area contributed by atoms with Crippen LogP contribution < -0.4 is 10.6 Å². The molecular formula is C20H17ClN2O3. The van der Waals surface area contributed by atoms with Crippen LogP contribution in [0.25, 0.3) is 0 Å². The molecule has 6 heteroatoms. The summed E-state index contributed by atoms with van der Waals surface area (Å²) >= 11 is 5.86. The van der Waals surface area contributed by atoms with Crippen molar-refractivity contribution in [3.05, 3.63) is 89.3 Å². The minimum atomic E-state index is -0.759. The van der Waals surface area contributed by atoms with E-state index in [0.717, 1.165) is 5.56 Å². The maximum atomic E-state index is 12.7. The molecule has 0 aliphatic rings. The monoisotopic (exact) mass is 368 g/mol. The first-order chi connectivity index (χ1) is 12.6. The molecule has 2 amide bonds. The number of hydrogen-bond donors (Lipinski definition) is 2. The number of furan rings is 1. The summed E-state index contributed by atoms with van der Waals surface area (Å²) in [6.45, 7) is 0. The Kier molecular flexibility index (Phi) is 5.71. The van der Waals surface area contributed by atoms with Crippen molar-refractivity contribution < 1.29 is 14.0 Å². The fourth-order valence-corrected chi connectivity index (χ4v) is 2.58. The predicted octanol–water partition coefficient (Wildman–Crippen LogP) is 3.91. The van der Waals surface area contributed by atoms with E-state index in [0.29, 0.717) is 17.1 Å². The van der Waals surface area contributed by atoms with Gasteiger partial charge in [-0.05, 0) is 42.0 Å². The van der Waals surface area contributed by atoms with Crippen LogP contribution in [0, 0.1) is 0 Å². The summed E-state index contributed by atoms with van der Waals surface area (Å²) in [5.41, 5.74) is 1.54. The Balaban J connectivity index is 1.75. The zero-order chi connectivity index (χ0) is 18.4. The van der Waals surface area contributed by atoms with Crippen molar-refractivity contribution in [2.45, 2.75) is 12.5 Å². The van der Waals surface area contributed by atoms with Crippen molar-refractivity contribution in [1.82, 2.24) is 5.32 Å². The fraction of sp³-hybridized carbons (Fsp3) is 0.100. The van der Waals surface area contributed by atoms with E-state index >= 15 is 0 Å². The summed E-state index contributed by atoms with van der Waals surface area (Å²) in [5.74, 6) is -0.611. The van der Waals surface area contributed by atoms with Crippen molar-refractivity contribution in [3.63, 3.8) is 0 Å². The van der Waals surface area contributed by atoms with Crippen LogP contribution in [0.4, 0.5) is 5.69 Å². The summed E-state index contributed by atoms with van der Waals surface area (Å²) in [6, 6.07) is 18.7. The molecule has 5 nitrogen and oxygen atoms in total. The number of carbonyl (C=O) groups excluding carboxylic acids is 2. The molecule has 26 heavy (non-hydrogen) atoms. The Morgan fingerprint density at radius 1 is 0.962 bits per heavy atom. The molecule has 1 atom stereocenters. The second-order valence-electron chi connectivity index (χ2n) is 5.69. The summed E-state index contributed by atoms with van der Waals surface area (Å²) < 4.78 is 5.10. The highest BCUT2D eigenvalue weighted by Crippen LogP contribution is 2.14. The average Bonchev–Trinajstić information content (AvgIpc) is 3.19. The molecule has 132 valence electrons. The fourth-order valence-electron chi connectivity index (χ4n) is 2.46. The van der Waals surface area contributed by atoms with Crippen molar-refractivity contribution in [3.8, 4) is 0 Å². The van der Waals surface area contributed by atoms with Gasteiger partial charge in [-0.25, -0.2) is 0 Å². The molecule has 0 fully saturated rings. The van der Waals surface area contributed by atoms with E-state index in [-0.39, 0.29) is 11.7 Å². The van der Waals surface area contributed by atoms with Crippen LogP contribution in [0.3, 0.4) is 0 Å². The summed E-state index contributed by atoms with van der Waals surface area (Å²) in [4.78, 5) is 25.0. The second-order valence-corrected chi connectivity index (χ2v) is 6.13. The van der Waals surface area contributed by atoms with E-state index in [4.69, 9.17) is 16.0 Å². The van der Waals surface area contributed by atoms with Gasteiger partial charge in [0, 0.05) is 17.1 Å². The maximum absolute atomic E-state index is 12.7. The molecule has 3 aromatic rings. The molecule has 1 heterocycles. The molecule has 0 unspecified atom stereocenters. The van der Waals surface area contributed by atoms with Crippen LogP contribution >= 0.6 is 11.6 Å². The van der Waals surface area contributed by atoms with Crippen LogP contribution in [-0.2, 0) is 11.2 Å². The van der Waals surface area contributed by atoms with Gasteiger partial charge in [0.05, 0.1) is 6.26 Å². The second kappa shape index (κ2) is 8.36. The number of carbonyl (C=O) groups is 2. The molecule has 0 radical (unpaired) electrons. The molecule has 1 aromatic heterocycles. The topological polar surface area (TPSA) is 71.3 Å². The molecule has 3 rings (SSSR count). The third-order valence-electron chi connectivity index (χ3n) is 3.76. The Hall–Kier alpha value is -3.05. The Morgan fingerprint density at radius 3 is 2.35 bits per heavy atom. The van der Waals surface area contributed by atoms with E-state index in [1.165, 1.54) is 6.26 Å². The highest BCUT2D eigenvalue weighted by atomic mass is 35.5. The van der Waals surface area contributed by atoms with Crippen LogP contribution in [0.2, 0.25) is 5.02 Å². The zero-order valence-electron chi connectivity index (χ0n) is 13.8. The van der Waals surface area contributed by atoms with Gasteiger partial charge in [-0.2, -0.15) is 0 Å². The first-order valence-electron chi connectivity index (χ1n) is 8.06. The Morgan fingerprint density at radius 2 is 1.69 bits per heavy atom. The highest BCUT2D eigenvalue weighted by Gasteiger charge is 2.23. The smallest absolute Gasteiger partial charge is 0.287 e. The predicted molar refractivity (Wildman–Crippen MR) is 100 cm³/mol. The summed E-state index contributed by atoms with van der Waals surface area (Å²) in [7, 11) is 0. The number of amides is 2. The van der Waals surface area contributed by atoms with Gasteiger partial charge in [-0.3, -0.25) is 9.59 Å². The van der Waals surface area contributed by atoms with Gasteiger partial charge < -0.3 is 15.1 Å². The third kappa shape index (κ3) is 4.74. The lowest BCUT2D eigenvalue weighted by molar-refractivity contribution is -0.118. The lowest BCUT2D eigenvalue weighted by atomic mass is 10.0. The molecule has 2 N–H and O–H groups in total. The number of anilines is 1. The molecular weight excluding hydrogens is 352 g/mol. The van der Waals surface area contributed by atoms with Gasteiger partial charge in [0.2, 0.25) is 5.91 Å². The first-order valence-corrected chi connectivity index (χ1v) is 8.44. The molecule has 2 aromatic carbocycles. The van der Waals surface area contributed by atoms with Crippen molar-refractivity contribution >= 4 is 29.1 Å². The summed E-state index contributed by atoms with van der Waals surface area (Å²) in [6.07, 6.45) is 1.77. The van der Waals surface area contributed by atoms with Gasteiger partial charge in [0.25, 0.3) is 5.91 Å². The minimum absolute atomic E-state index is 0.155. The average molecular weight is 369 g/mol. The first kappa shape index (κ1) is 17.8. The Labute approximate surface area is 156 Å². The van der Waals surface area contributed by atoms with E-state index in [2.05, 4.69) is 10.6 Å². The van der Waals surface area contributed by atoms with Crippen molar-refractivity contribution in [2.24, 2.45) is 0 Å². The van der Waals surface area contributed by atoms with E-state index in [9.17, 15) is 9.59 Å². The third-order valence-corrected chi connectivity index (χ3v) is 4.01. The lowest BCUT2D eigenvalue weighted by Crippen LogP contribution is -2.45. The van der Waals surface area contributed by atoms with Gasteiger partial charge in [-0.15, -0.1) is 0 Å². The van der Waals surface area contributed by atoms with Crippen LogP contribution in [-0.4, -0.2) is 17.9 Å². The van der Waals surface area contributed by atoms with Gasteiger partial charge in [0.1, 0.15) is 6.04 Å². The van der Waals surface area contributed by atoms with Gasteiger partial charge in [0.15, 0.2) is 5.76 Å². The molecule has 0 spiro atoms. The number of rotatable bonds is 6. The number of hydrogen-bond acceptors (Lipinski definition) is 3. The normalized spacial score (nSPS) is 11.6. The van der Waals surface area contributed by atoms with Crippen LogP contribution in [0.15, 0.2) is 77.4 Å². The molecule has 0 bridgehead atoms. The molecule has 0 saturated heterocycles. The standard InChI is InChI=1S/C20H17ClN2O3/c21-15-8-10-16(11-9-15)22-19(24)17(13-14-5-2-1-3-6-14)23-20(25)18-7-4-12-26-18/h1-12,17H,13H2,(H,22,24)(H,23,25)/t17-/m0/s1. The SMILES string of the molecule is O=C(N[C@@H](Cc1ccccc1)C(=O)Nc1ccc(Cl)cc1)c1ccco1. The molecule has 0 aliphatic heterocycles. The number of halogens is 1. The molecule has 0 saturated carbocycles. The molecule has 0 aliphatic carbocycles. The van der Waals surface area contributed by atoms with Gasteiger partial charge >= 0.3 is 0 Å². The lowest BCUT2D eigenvalue weighted by Gasteiger charge is -2.18. The summed E-state index contributed by atoms with van der Waals surface area (Å²) in [5, 5.41) is 6.10. The van der Waals surface area contributed by atoms with Crippen LogP contribution in [0.1, 0.15) is 16.1 Å². The maximum Gasteiger partial charge on any atom is 0.287 e. The zero-order valence-corrected chi connectivity index (χ0v) is 14.6. The van der Waals surface area contributed by atoms with Crippen molar-refractivity contribution in [1.29, 1.82) is 0 Å². The minimum Gasteiger partial charge on any atom is -0.459 e. The largest absolute Gasteiger partial charge is 0.459 e. The highest BCUT2D eigenvalue weighted by molar-refractivity contribution is 6.30. The van der Waals surface area contributed by atoms with E-state index in [1.807, 2.05) is 30.3 Å².